The highest BCUT2D eigenvalue weighted by atomic mass is 16.1. The van der Waals surface area contributed by atoms with E-state index >= 15 is 0 Å². The van der Waals surface area contributed by atoms with Crippen molar-refractivity contribution in [2.75, 3.05) is 0 Å². The lowest BCUT2D eigenvalue weighted by Gasteiger charge is -2.60. The van der Waals surface area contributed by atoms with Gasteiger partial charge in [0.05, 0.1) is 0 Å². The van der Waals surface area contributed by atoms with Crippen molar-refractivity contribution in [3.63, 3.8) is 0 Å². The fourth-order valence-electron chi connectivity index (χ4n) is 9.37. The summed E-state index contributed by atoms with van der Waals surface area (Å²) in [6.45, 7) is 11.4. The highest BCUT2D eigenvalue weighted by Crippen LogP contribution is 2.74. The SMILES string of the molecule is CC(=O)[C@@]12CC(C)=C(C)C[C@H]1C[C@H]1[C@@H]3CCC4=CC(=O)CC[C@]4(C)[C@H]3CC[C@@]12C. The molecule has 0 aliphatic heterocycles. The number of hydrogen-bond donors (Lipinski definition) is 0. The van der Waals surface area contributed by atoms with Crippen molar-refractivity contribution in [3.05, 3.63) is 22.8 Å². The largest absolute Gasteiger partial charge is 0.299 e. The van der Waals surface area contributed by atoms with E-state index in [9.17, 15) is 9.59 Å². The van der Waals surface area contributed by atoms with Gasteiger partial charge in [-0.25, -0.2) is 0 Å². The molecular formula is C27H38O2. The Morgan fingerprint density at radius 3 is 2.52 bits per heavy atom. The Morgan fingerprint density at radius 2 is 1.79 bits per heavy atom. The summed E-state index contributed by atoms with van der Waals surface area (Å²) < 4.78 is 0. The average molecular weight is 395 g/mol. The summed E-state index contributed by atoms with van der Waals surface area (Å²) in [5.74, 6) is 3.44. The fourth-order valence-corrected chi connectivity index (χ4v) is 9.37. The average Bonchev–Trinajstić information content (AvgIpc) is 2.92. The second-order valence-corrected chi connectivity index (χ2v) is 11.8. The molecule has 3 fully saturated rings. The van der Waals surface area contributed by atoms with Crippen LogP contribution in [0.5, 0.6) is 0 Å². The summed E-state index contributed by atoms with van der Waals surface area (Å²) in [5, 5.41) is 0. The molecule has 0 bridgehead atoms. The van der Waals surface area contributed by atoms with Crippen LogP contribution in [0.15, 0.2) is 22.8 Å². The normalized spacial score (nSPS) is 49.0. The monoisotopic (exact) mass is 394 g/mol. The Labute approximate surface area is 176 Å². The van der Waals surface area contributed by atoms with E-state index in [4.69, 9.17) is 0 Å². The van der Waals surface area contributed by atoms with Gasteiger partial charge in [0.15, 0.2) is 5.78 Å². The molecule has 2 nitrogen and oxygen atoms in total. The molecule has 0 spiro atoms. The summed E-state index contributed by atoms with van der Waals surface area (Å²) in [4.78, 5) is 25.4. The molecule has 0 heterocycles. The van der Waals surface area contributed by atoms with Crippen molar-refractivity contribution in [1.82, 2.24) is 0 Å². The number of fused-ring (bicyclic) bond motifs is 7. The van der Waals surface area contributed by atoms with Crippen molar-refractivity contribution in [1.29, 1.82) is 0 Å². The van der Waals surface area contributed by atoms with E-state index < -0.39 is 0 Å². The summed E-state index contributed by atoms with van der Waals surface area (Å²) >= 11 is 0. The van der Waals surface area contributed by atoms with Gasteiger partial charge in [-0.3, -0.25) is 9.59 Å². The minimum Gasteiger partial charge on any atom is -0.299 e. The van der Waals surface area contributed by atoms with Crippen LogP contribution in [0.4, 0.5) is 0 Å². The first-order chi connectivity index (χ1) is 13.6. The maximum atomic E-state index is 13.3. The molecule has 29 heavy (non-hydrogen) atoms. The van der Waals surface area contributed by atoms with E-state index in [2.05, 4.69) is 27.7 Å². The van der Waals surface area contributed by atoms with Gasteiger partial charge < -0.3 is 0 Å². The number of Topliss-reactive ketones (excluding diaryl/α,β-unsaturated/α-hetero) is 1. The number of carbonyl (C=O) groups is 2. The molecule has 0 aromatic carbocycles. The summed E-state index contributed by atoms with van der Waals surface area (Å²) in [6, 6.07) is 0. The van der Waals surface area contributed by atoms with Crippen LogP contribution in [0.1, 0.15) is 92.4 Å². The van der Waals surface area contributed by atoms with E-state index in [0.29, 0.717) is 29.3 Å². The molecule has 0 unspecified atom stereocenters. The molecule has 0 aromatic heterocycles. The minimum atomic E-state index is -0.133. The lowest BCUT2D eigenvalue weighted by molar-refractivity contribution is -0.145. The molecule has 3 saturated carbocycles. The predicted molar refractivity (Wildman–Crippen MR) is 116 cm³/mol. The van der Waals surface area contributed by atoms with Crippen LogP contribution in [-0.2, 0) is 9.59 Å². The van der Waals surface area contributed by atoms with E-state index in [0.717, 1.165) is 38.0 Å². The minimum absolute atomic E-state index is 0.133. The number of carbonyl (C=O) groups excluding carboxylic acids is 2. The molecule has 158 valence electrons. The first-order valence-corrected chi connectivity index (χ1v) is 12.0. The molecule has 2 heteroatoms. The van der Waals surface area contributed by atoms with E-state index in [1.54, 1.807) is 0 Å². The topological polar surface area (TPSA) is 34.1 Å². The van der Waals surface area contributed by atoms with Crippen molar-refractivity contribution in [3.8, 4) is 0 Å². The Hall–Kier alpha value is -1.18. The maximum Gasteiger partial charge on any atom is 0.155 e. The van der Waals surface area contributed by atoms with Gasteiger partial charge in [0.1, 0.15) is 5.78 Å². The molecule has 0 aromatic rings. The first kappa shape index (κ1) is 19.8. The van der Waals surface area contributed by atoms with Crippen LogP contribution in [0.3, 0.4) is 0 Å². The maximum absolute atomic E-state index is 13.3. The molecule has 7 atom stereocenters. The lowest BCUT2D eigenvalue weighted by atomic mass is 9.43. The number of hydrogen-bond acceptors (Lipinski definition) is 2. The van der Waals surface area contributed by atoms with Gasteiger partial charge in [-0.15, -0.1) is 0 Å². The van der Waals surface area contributed by atoms with Gasteiger partial charge in [-0.05, 0) is 113 Å². The van der Waals surface area contributed by atoms with Crippen molar-refractivity contribution < 1.29 is 9.59 Å². The quantitative estimate of drug-likeness (QED) is 0.479. The Balaban J connectivity index is 1.56. The third kappa shape index (κ3) is 2.35. The lowest BCUT2D eigenvalue weighted by Crippen LogP contribution is -2.55. The zero-order valence-corrected chi connectivity index (χ0v) is 19.1. The van der Waals surface area contributed by atoms with Gasteiger partial charge >= 0.3 is 0 Å². The van der Waals surface area contributed by atoms with Crippen LogP contribution < -0.4 is 0 Å². The number of allylic oxidation sites excluding steroid dienone is 3. The van der Waals surface area contributed by atoms with Gasteiger partial charge in [0.25, 0.3) is 0 Å². The van der Waals surface area contributed by atoms with Gasteiger partial charge in [-0.1, -0.05) is 30.6 Å². The molecule has 5 rings (SSSR count). The van der Waals surface area contributed by atoms with Gasteiger partial charge in [-0.2, -0.15) is 0 Å². The van der Waals surface area contributed by atoms with Crippen LogP contribution in [0.2, 0.25) is 0 Å². The number of rotatable bonds is 1. The van der Waals surface area contributed by atoms with Crippen LogP contribution in [-0.4, -0.2) is 11.6 Å². The molecule has 0 radical (unpaired) electrons. The fraction of sp³-hybridized carbons (Fsp3) is 0.778. The summed E-state index contributed by atoms with van der Waals surface area (Å²) in [7, 11) is 0. The summed E-state index contributed by atoms with van der Waals surface area (Å²) in [5.41, 5.74) is 4.70. The zero-order chi connectivity index (χ0) is 20.8. The molecule has 0 amide bonds. The van der Waals surface area contributed by atoms with Crippen molar-refractivity contribution in [2.45, 2.75) is 92.4 Å². The van der Waals surface area contributed by atoms with E-state index in [-0.39, 0.29) is 16.2 Å². The van der Waals surface area contributed by atoms with Crippen LogP contribution in [0.25, 0.3) is 0 Å². The zero-order valence-electron chi connectivity index (χ0n) is 19.1. The second-order valence-electron chi connectivity index (χ2n) is 11.8. The molecular weight excluding hydrogens is 356 g/mol. The Kier molecular flexibility index (Phi) is 4.21. The Bertz CT molecular complexity index is 847. The third-order valence-corrected chi connectivity index (χ3v) is 11.1. The third-order valence-electron chi connectivity index (χ3n) is 11.1. The predicted octanol–water partition coefficient (Wildman–Crippen LogP) is 6.45. The van der Waals surface area contributed by atoms with Crippen LogP contribution in [0, 0.1) is 39.9 Å². The van der Waals surface area contributed by atoms with Crippen molar-refractivity contribution >= 4 is 11.6 Å². The highest BCUT2D eigenvalue weighted by Gasteiger charge is 2.69. The van der Waals surface area contributed by atoms with Gasteiger partial charge in [0, 0.05) is 11.8 Å². The smallest absolute Gasteiger partial charge is 0.155 e. The second kappa shape index (κ2) is 6.17. The van der Waals surface area contributed by atoms with E-state index in [1.807, 2.05) is 13.0 Å². The van der Waals surface area contributed by atoms with Crippen LogP contribution >= 0.6 is 0 Å². The molecule has 0 N–H and O–H groups in total. The molecule has 0 saturated heterocycles. The highest BCUT2D eigenvalue weighted by molar-refractivity contribution is 5.91. The Morgan fingerprint density at radius 1 is 1.03 bits per heavy atom. The molecule has 5 aliphatic carbocycles. The van der Waals surface area contributed by atoms with Gasteiger partial charge in [0.2, 0.25) is 0 Å². The summed E-state index contributed by atoms with van der Waals surface area (Å²) in [6.07, 6.45) is 11.9. The first-order valence-electron chi connectivity index (χ1n) is 12.0. The van der Waals surface area contributed by atoms with Crippen molar-refractivity contribution in [2.24, 2.45) is 39.9 Å². The molecule has 5 aliphatic rings. The number of ketones is 2. The van der Waals surface area contributed by atoms with E-state index in [1.165, 1.54) is 42.4 Å². The standard InChI is InChI=1S/C27H38O2/c1-16-12-20-14-24-22-7-6-19-13-21(29)8-10-25(19,4)23(22)9-11-26(24,5)27(20,18(3)28)15-17(16)2/h13,20,22-24H,6-12,14-15H2,1-5H3/t20-,22+,23-,24-,25-,26-,27-/m0/s1.